The molecule has 0 radical (unpaired) electrons. The summed E-state index contributed by atoms with van der Waals surface area (Å²) in [7, 11) is 1.93. The Kier molecular flexibility index (Phi) is 3.63. The number of hydrogen-bond donors (Lipinski definition) is 1. The van der Waals surface area contributed by atoms with E-state index in [-0.39, 0.29) is 0 Å². The molecule has 1 aliphatic rings. The second kappa shape index (κ2) is 6.08. The van der Waals surface area contributed by atoms with E-state index in [1.807, 2.05) is 91.1 Å². The zero-order valence-corrected chi connectivity index (χ0v) is 13.3. The zero-order valence-electron chi connectivity index (χ0n) is 13.3. The number of anilines is 3. The molecular formula is C20H17N3O. The van der Waals surface area contributed by atoms with Crippen molar-refractivity contribution in [2.24, 2.45) is 5.10 Å². The van der Waals surface area contributed by atoms with Gasteiger partial charge in [-0.25, -0.2) is 0 Å². The van der Waals surface area contributed by atoms with Gasteiger partial charge in [0.2, 0.25) is 0 Å². The molecule has 4 heteroatoms. The van der Waals surface area contributed by atoms with Crippen LogP contribution in [0.1, 0.15) is 5.56 Å². The second-order valence-electron chi connectivity index (χ2n) is 5.58. The summed E-state index contributed by atoms with van der Waals surface area (Å²) in [6.45, 7) is 0. The van der Waals surface area contributed by atoms with E-state index < -0.39 is 0 Å². The van der Waals surface area contributed by atoms with Crippen LogP contribution < -0.4 is 15.1 Å². The molecule has 24 heavy (non-hydrogen) atoms. The molecule has 0 atom stereocenters. The highest BCUT2D eigenvalue weighted by Gasteiger charge is 2.15. The summed E-state index contributed by atoms with van der Waals surface area (Å²) in [6, 6.07) is 24.0. The molecular weight excluding hydrogens is 298 g/mol. The van der Waals surface area contributed by atoms with Gasteiger partial charge in [-0.1, -0.05) is 36.4 Å². The molecule has 0 unspecified atom stereocenters. The molecule has 3 aromatic carbocycles. The van der Waals surface area contributed by atoms with Crippen molar-refractivity contribution in [1.29, 1.82) is 0 Å². The van der Waals surface area contributed by atoms with Gasteiger partial charge in [0, 0.05) is 7.05 Å². The summed E-state index contributed by atoms with van der Waals surface area (Å²) >= 11 is 0. The highest BCUT2D eigenvalue weighted by atomic mass is 16.5. The van der Waals surface area contributed by atoms with Gasteiger partial charge < -0.3 is 10.1 Å². The van der Waals surface area contributed by atoms with E-state index in [0.29, 0.717) is 0 Å². The largest absolute Gasteiger partial charge is 0.453 e. The van der Waals surface area contributed by atoms with Crippen molar-refractivity contribution < 1.29 is 4.74 Å². The standard InChI is InChI=1S/C20H17N3O/c1-23(16-7-3-2-4-8-16)21-14-15-11-12-18-20(13-15)24-19-10-6-5-9-17(19)22-18/h2-14,22H,1H3. The van der Waals surface area contributed by atoms with Gasteiger partial charge in [0.25, 0.3) is 0 Å². The van der Waals surface area contributed by atoms with Gasteiger partial charge >= 0.3 is 0 Å². The van der Waals surface area contributed by atoms with Gasteiger partial charge in [0.15, 0.2) is 11.5 Å². The summed E-state index contributed by atoms with van der Waals surface area (Å²) in [6.07, 6.45) is 1.83. The zero-order chi connectivity index (χ0) is 16.4. The maximum atomic E-state index is 5.97. The molecule has 1 N–H and O–H groups in total. The van der Waals surface area contributed by atoms with E-state index in [9.17, 15) is 0 Å². The Morgan fingerprint density at radius 2 is 1.62 bits per heavy atom. The summed E-state index contributed by atoms with van der Waals surface area (Å²) in [5.74, 6) is 1.64. The van der Waals surface area contributed by atoms with E-state index in [4.69, 9.17) is 4.74 Å². The van der Waals surface area contributed by atoms with E-state index in [1.165, 1.54) is 0 Å². The average Bonchev–Trinajstić information content (AvgIpc) is 2.65. The van der Waals surface area contributed by atoms with Gasteiger partial charge in [-0.15, -0.1) is 0 Å². The minimum atomic E-state index is 0.806. The van der Waals surface area contributed by atoms with Gasteiger partial charge in [0.1, 0.15) is 0 Å². The number of nitrogens with zero attached hydrogens (tertiary/aromatic N) is 2. The molecule has 0 amide bonds. The Balaban J connectivity index is 1.55. The molecule has 4 nitrogen and oxygen atoms in total. The highest BCUT2D eigenvalue weighted by molar-refractivity contribution is 5.85. The van der Waals surface area contributed by atoms with E-state index in [2.05, 4.69) is 10.4 Å². The molecule has 0 aliphatic carbocycles. The third-order valence-corrected chi connectivity index (χ3v) is 3.89. The van der Waals surface area contributed by atoms with Gasteiger partial charge in [-0.3, -0.25) is 5.01 Å². The molecule has 118 valence electrons. The number of para-hydroxylation sites is 3. The highest BCUT2D eigenvalue weighted by Crippen LogP contribution is 2.41. The Morgan fingerprint density at radius 1 is 0.875 bits per heavy atom. The number of nitrogens with one attached hydrogen (secondary N) is 1. The lowest BCUT2D eigenvalue weighted by Crippen LogP contribution is -2.08. The van der Waals surface area contributed by atoms with E-state index in [1.54, 1.807) is 0 Å². The maximum Gasteiger partial charge on any atom is 0.151 e. The van der Waals surface area contributed by atoms with Crippen molar-refractivity contribution >= 4 is 23.3 Å². The Bertz CT molecular complexity index is 890. The SMILES string of the molecule is CN(N=Cc1ccc2c(c1)Oc1ccccc1N2)c1ccccc1. The number of ether oxygens (including phenoxy) is 1. The molecule has 4 rings (SSSR count). The molecule has 0 saturated heterocycles. The molecule has 0 aromatic heterocycles. The fourth-order valence-corrected chi connectivity index (χ4v) is 2.59. The Morgan fingerprint density at radius 3 is 2.50 bits per heavy atom. The van der Waals surface area contributed by atoms with Crippen LogP contribution in [0.15, 0.2) is 77.9 Å². The predicted molar refractivity (Wildman–Crippen MR) is 98.7 cm³/mol. The van der Waals surface area contributed by atoms with Crippen LogP contribution in [0, 0.1) is 0 Å². The Labute approximate surface area is 141 Å². The molecule has 3 aromatic rings. The van der Waals surface area contributed by atoms with Crippen LogP contribution in [0.2, 0.25) is 0 Å². The van der Waals surface area contributed by atoms with Gasteiger partial charge in [-0.2, -0.15) is 5.10 Å². The lowest BCUT2D eigenvalue weighted by molar-refractivity contribution is 0.481. The number of hydrazone groups is 1. The molecule has 0 saturated carbocycles. The van der Waals surface area contributed by atoms with Crippen molar-refractivity contribution in [1.82, 2.24) is 0 Å². The van der Waals surface area contributed by atoms with Crippen LogP contribution in [-0.2, 0) is 0 Å². The minimum Gasteiger partial charge on any atom is -0.453 e. The first-order valence-electron chi connectivity index (χ1n) is 7.80. The Hall–Kier alpha value is -3.27. The number of fused-ring (bicyclic) bond motifs is 2. The van der Waals surface area contributed by atoms with E-state index >= 15 is 0 Å². The average molecular weight is 315 g/mol. The minimum absolute atomic E-state index is 0.806. The number of benzene rings is 3. The first-order valence-corrected chi connectivity index (χ1v) is 7.80. The molecule has 0 bridgehead atoms. The van der Waals surface area contributed by atoms with Crippen LogP contribution in [0.5, 0.6) is 11.5 Å². The maximum absolute atomic E-state index is 5.97. The van der Waals surface area contributed by atoms with Crippen LogP contribution in [-0.4, -0.2) is 13.3 Å². The topological polar surface area (TPSA) is 36.9 Å². The molecule has 0 spiro atoms. The van der Waals surface area contributed by atoms with Crippen molar-refractivity contribution in [3.8, 4) is 11.5 Å². The van der Waals surface area contributed by atoms with Crippen LogP contribution >= 0.6 is 0 Å². The second-order valence-corrected chi connectivity index (χ2v) is 5.58. The molecule has 1 heterocycles. The third-order valence-electron chi connectivity index (χ3n) is 3.89. The first kappa shape index (κ1) is 14.3. The van der Waals surface area contributed by atoms with E-state index in [0.717, 1.165) is 34.1 Å². The summed E-state index contributed by atoms with van der Waals surface area (Å²) in [4.78, 5) is 0. The predicted octanol–water partition coefficient (Wildman–Crippen LogP) is 5.01. The number of hydrogen-bond acceptors (Lipinski definition) is 4. The lowest BCUT2D eigenvalue weighted by Gasteiger charge is -2.21. The summed E-state index contributed by atoms with van der Waals surface area (Å²) in [5, 5.41) is 9.71. The fraction of sp³-hybridized carbons (Fsp3) is 0.0500. The van der Waals surface area contributed by atoms with Crippen LogP contribution in [0.25, 0.3) is 0 Å². The van der Waals surface area contributed by atoms with Crippen LogP contribution in [0.3, 0.4) is 0 Å². The molecule has 0 fully saturated rings. The first-order chi connectivity index (χ1) is 11.8. The lowest BCUT2D eigenvalue weighted by atomic mass is 10.1. The van der Waals surface area contributed by atoms with Crippen LogP contribution in [0.4, 0.5) is 17.1 Å². The summed E-state index contributed by atoms with van der Waals surface area (Å²) < 4.78 is 5.97. The van der Waals surface area contributed by atoms with Gasteiger partial charge in [0.05, 0.1) is 23.3 Å². The molecule has 1 aliphatic heterocycles. The van der Waals surface area contributed by atoms with Crippen molar-refractivity contribution in [3.05, 3.63) is 78.4 Å². The monoisotopic (exact) mass is 315 g/mol. The van der Waals surface area contributed by atoms with Crippen molar-refractivity contribution in [3.63, 3.8) is 0 Å². The quantitative estimate of drug-likeness (QED) is 0.427. The summed E-state index contributed by atoms with van der Waals surface area (Å²) in [5.41, 5.74) is 3.97. The van der Waals surface area contributed by atoms with Gasteiger partial charge in [-0.05, 0) is 42.0 Å². The van der Waals surface area contributed by atoms with Crippen molar-refractivity contribution in [2.45, 2.75) is 0 Å². The third kappa shape index (κ3) is 2.82. The fourth-order valence-electron chi connectivity index (χ4n) is 2.59. The number of rotatable bonds is 3. The van der Waals surface area contributed by atoms with Crippen molar-refractivity contribution in [2.75, 3.05) is 17.4 Å². The smallest absolute Gasteiger partial charge is 0.151 e. The normalized spacial score (nSPS) is 12.0.